The van der Waals surface area contributed by atoms with Gasteiger partial charge in [0, 0.05) is 35.7 Å². The lowest BCUT2D eigenvalue weighted by Crippen LogP contribution is -2.32. The molecule has 1 aliphatic rings. The van der Waals surface area contributed by atoms with Crippen LogP contribution in [0.1, 0.15) is 43.0 Å². The van der Waals surface area contributed by atoms with E-state index in [1.807, 2.05) is 48.5 Å². The number of carbonyl (C=O) groups is 2. The summed E-state index contributed by atoms with van der Waals surface area (Å²) in [4.78, 5) is 25.6. The highest BCUT2D eigenvalue weighted by Gasteiger charge is 2.33. The fraction of sp³-hybridized carbons (Fsp3) is 0.259. The minimum atomic E-state index is -0.916. The summed E-state index contributed by atoms with van der Waals surface area (Å²) in [5, 5.41) is 8.71. The summed E-state index contributed by atoms with van der Waals surface area (Å²) in [6, 6.07) is 17.5. The van der Waals surface area contributed by atoms with E-state index in [2.05, 4.69) is 0 Å². The molecule has 33 heavy (non-hydrogen) atoms. The first-order valence-electron chi connectivity index (χ1n) is 11.5. The molecule has 0 unspecified atom stereocenters. The SMILES string of the molecule is [2H]C1(N(Cc2ccccc2OC/C=C\CCC(=O)O)C(=O)c2ccc(-c3ccco3)cc2)CC1. The lowest BCUT2D eigenvalue weighted by atomic mass is 10.1. The van der Waals surface area contributed by atoms with Gasteiger partial charge in [-0.15, -0.1) is 0 Å². The van der Waals surface area contributed by atoms with Crippen molar-refractivity contribution in [3.8, 4) is 17.1 Å². The molecule has 0 saturated heterocycles. The van der Waals surface area contributed by atoms with Gasteiger partial charge in [0.05, 0.1) is 7.63 Å². The number of carboxylic acids is 1. The van der Waals surface area contributed by atoms with Gasteiger partial charge < -0.3 is 19.2 Å². The second-order valence-corrected chi connectivity index (χ2v) is 7.83. The number of furan rings is 1. The Labute approximate surface area is 194 Å². The molecule has 1 aromatic heterocycles. The van der Waals surface area contributed by atoms with Crippen LogP contribution in [0.2, 0.25) is 0 Å². The molecular formula is C27H27NO5. The summed E-state index contributed by atoms with van der Waals surface area (Å²) in [5.41, 5.74) is 2.23. The predicted octanol–water partition coefficient (Wildman–Crippen LogP) is 5.55. The molecule has 1 amide bonds. The third kappa shape index (κ3) is 6.13. The molecule has 1 saturated carbocycles. The van der Waals surface area contributed by atoms with E-state index in [0.717, 1.165) is 16.9 Å². The second-order valence-electron chi connectivity index (χ2n) is 7.83. The van der Waals surface area contributed by atoms with E-state index < -0.39 is 12.0 Å². The van der Waals surface area contributed by atoms with Gasteiger partial charge in [0.2, 0.25) is 0 Å². The van der Waals surface area contributed by atoms with Gasteiger partial charge in [-0.2, -0.15) is 0 Å². The number of ether oxygens (including phenoxy) is 1. The van der Waals surface area contributed by atoms with E-state index in [1.165, 1.54) is 0 Å². The quantitative estimate of drug-likeness (QED) is 0.391. The molecule has 170 valence electrons. The summed E-state index contributed by atoms with van der Waals surface area (Å²) >= 11 is 0. The minimum absolute atomic E-state index is 0.0816. The zero-order chi connectivity index (χ0) is 24.0. The van der Waals surface area contributed by atoms with Crippen molar-refractivity contribution in [2.24, 2.45) is 0 Å². The number of carboxylic acid groups (broad SMARTS) is 1. The molecule has 1 heterocycles. The van der Waals surface area contributed by atoms with Crippen LogP contribution in [0, 0.1) is 0 Å². The van der Waals surface area contributed by atoms with Crippen LogP contribution in [-0.4, -0.2) is 34.5 Å². The number of carbonyl (C=O) groups excluding carboxylic acids is 1. The first kappa shape index (κ1) is 21.1. The van der Waals surface area contributed by atoms with Crippen molar-refractivity contribution in [2.45, 2.75) is 38.2 Å². The average Bonchev–Trinajstić information content (AvgIpc) is 3.35. The number of hydrogen-bond donors (Lipinski definition) is 1. The Balaban J connectivity index is 1.46. The van der Waals surface area contributed by atoms with Gasteiger partial charge in [0.25, 0.3) is 5.91 Å². The fourth-order valence-electron chi connectivity index (χ4n) is 3.50. The lowest BCUT2D eigenvalue weighted by molar-refractivity contribution is -0.136. The highest BCUT2D eigenvalue weighted by molar-refractivity contribution is 5.95. The Kier molecular flexibility index (Phi) is 6.82. The third-order valence-electron chi connectivity index (χ3n) is 5.37. The number of allylic oxidation sites excluding steroid dienone is 1. The topological polar surface area (TPSA) is 80.0 Å². The second kappa shape index (κ2) is 10.7. The number of hydrogen-bond acceptors (Lipinski definition) is 4. The molecular weight excluding hydrogens is 418 g/mol. The van der Waals surface area contributed by atoms with Crippen molar-refractivity contribution in [1.29, 1.82) is 0 Å². The zero-order valence-electron chi connectivity index (χ0n) is 19.3. The Morgan fingerprint density at radius 3 is 2.58 bits per heavy atom. The van der Waals surface area contributed by atoms with Crippen LogP contribution in [-0.2, 0) is 11.3 Å². The number of rotatable bonds is 11. The molecule has 1 N–H and O–H groups in total. The van der Waals surface area contributed by atoms with Gasteiger partial charge >= 0.3 is 5.97 Å². The molecule has 0 atom stereocenters. The lowest BCUT2D eigenvalue weighted by Gasteiger charge is -2.24. The first-order chi connectivity index (χ1) is 16.5. The smallest absolute Gasteiger partial charge is 0.303 e. The van der Waals surface area contributed by atoms with Crippen LogP contribution < -0.4 is 4.74 Å². The average molecular weight is 447 g/mol. The fourth-order valence-corrected chi connectivity index (χ4v) is 3.50. The zero-order valence-corrected chi connectivity index (χ0v) is 18.3. The molecule has 3 aromatic rings. The largest absolute Gasteiger partial charge is 0.489 e. The molecule has 1 fully saturated rings. The van der Waals surface area contributed by atoms with Crippen molar-refractivity contribution in [1.82, 2.24) is 4.90 Å². The highest BCUT2D eigenvalue weighted by Crippen LogP contribution is 2.32. The van der Waals surface area contributed by atoms with Gasteiger partial charge in [0.15, 0.2) is 0 Å². The predicted molar refractivity (Wildman–Crippen MR) is 125 cm³/mol. The van der Waals surface area contributed by atoms with Crippen LogP contribution in [0.15, 0.2) is 83.5 Å². The summed E-state index contributed by atoms with van der Waals surface area (Å²) in [5.74, 6) is 0.348. The number of amides is 1. The molecule has 6 heteroatoms. The van der Waals surface area contributed by atoms with E-state index in [-0.39, 0.29) is 18.9 Å². The van der Waals surface area contributed by atoms with Crippen molar-refractivity contribution in [3.63, 3.8) is 0 Å². The van der Waals surface area contributed by atoms with Gasteiger partial charge in [-0.05, 0) is 49.6 Å². The maximum Gasteiger partial charge on any atom is 0.303 e. The van der Waals surface area contributed by atoms with Gasteiger partial charge in [-0.1, -0.05) is 42.5 Å². The molecule has 0 radical (unpaired) electrons. The monoisotopic (exact) mass is 446 g/mol. The maximum absolute atomic E-state index is 13.4. The van der Waals surface area contributed by atoms with Gasteiger partial charge in [-0.25, -0.2) is 0 Å². The van der Waals surface area contributed by atoms with Gasteiger partial charge in [0.1, 0.15) is 18.1 Å². The summed E-state index contributed by atoms with van der Waals surface area (Å²) < 4.78 is 20.0. The van der Waals surface area contributed by atoms with Crippen molar-refractivity contribution in [2.75, 3.05) is 6.61 Å². The van der Waals surface area contributed by atoms with Crippen LogP contribution in [0.3, 0.4) is 0 Å². The van der Waals surface area contributed by atoms with Crippen LogP contribution in [0.4, 0.5) is 0 Å². The number of nitrogens with zero attached hydrogens (tertiary/aromatic N) is 1. The Hall–Kier alpha value is -3.80. The van der Waals surface area contributed by atoms with Crippen molar-refractivity contribution < 1.29 is 25.2 Å². The van der Waals surface area contributed by atoms with Crippen LogP contribution in [0.5, 0.6) is 5.75 Å². The van der Waals surface area contributed by atoms with E-state index in [9.17, 15) is 9.59 Å². The van der Waals surface area contributed by atoms with E-state index >= 15 is 0 Å². The van der Waals surface area contributed by atoms with Crippen molar-refractivity contribution in [3.05, 3.63) is 90.2 Å². The standard InChI is InChI=1S/C27H27NO5/c29-26(30)10-2-1-5-17-32-25-8-4-3-7-22(25)19-28(23-15-16-23)27(31)21-13-11-20(12-14-21)24-9-6-18-33-24/h1,3-9,11-14,18,23H,2,10,15-17,19H2,(H,29,30)/b5-1-/i23D. The minimum Gasteiger partial charge on any atom is -0.489 e. The van der Waals surface area contributed by atoms with Gasteiger partial charge in [-0.3, -0.25) is 9.59 Å². The maximum atomic E-state index is 13.4. The van der Waals surface area contributed by atoms with Crippen molar-refractivity contribution >= 4 is 11.9 Å². The number of benzene rings is 2. The van der Waals surface area contributed by atoms with Crippen LogP contribution >= 0.6 is 0 Å². The summed E-state index contributed by atoms with van der Waals surface area (Å²) in [7, 11) is 0. The third-order valence-corrected chi connectivity index (χ3v) is 5.37. The molecule has 6 nitrogen and oxygen atoms in total. The van der Waals surface area contributed by atoms with E-state index in [1.54, 1.807) is 35.4 Å². The molecule has 1 aliphatic carbocycles. The molecule has 2 aromatic carbocycles. The normalized spacial score (nSPS) is 14.6. The summed E-state index contributed by atoms with van der Waals surface area (Å²) in [6.07, 6.45) is 6.98. The molecule has 0 aliphatic heterocycles. The Bertz CT molecular complexity index is 1150. The molecule has 4 rings (SSSR count). The summed E-state index contributed by atoms with van der Waals surface area (Å²) in [6.45, 7) is 0.562. The van der Waals surface area contributed by atoms with E-state index in [4.69, 9.17) is 15.6 Å². The highest BCUT2D eigenvalue weighted by atomic mass is 16.5. The first-order valence-corrected chi connectivity index (χ1v) is 11.0. The Morgan fingerprint density at radius 1 is 1.09 bits per heavy atom. The van der Waals surface area contributed by atoms with E-state index in [0.29, 0.717) is 37.2 Å². The molecule has 0 spiro atoms. The number of para-hydroxylation sites is 1. The Morgan fingerprint density at radius 2 is 1.88 bits per heavy atom. The van der Waals surface area contributed by atoms with Crippen LogP contribution in [0.25, 0.3) is 11.3 Å². The molecule has 0 bridgehead atoms. The number of aliphatic carboxylic acids is 1.